The lowest BCUT2D eigenvalue weighted by Gasteiger charge is -2.38. The first-order chi connectivity index (χ1) is 7.63. The first-order valence-electron chi connectivity index (χ1n) is 6.05. The molecule has 3 unspecified atom stereocenters. The molecule has 4 heteroatoms. The van der Waals surface area contributed by atoms with Crippen LogP contribution in [0.15, 0.2) is 0 Å². The molecule has 0 aromatic heterocycles. The Morgan fingerprint density at radius 2 is 2.12 bits per heavy atom. The Bertz CT molecular complexity index is 243. The lowest BCUT2D eigenvalue weighted by atomic mass is 9.88. The average Bonchev–Trinajstić information content (AvgIpc) is 2.65. The molecule has 0 aromatic carbocycles. The maximum atomic E-state index is 11.3. The Labute approximate surface area is 102 Å². The molecule has 2 heterocycles. The lowest BCUT2D eigenvalue weighted by molar-refractivity contribution is -0.117. The number of aldehydes is 1. The third-order valence-electron chi connectivity index (χ3n) is 3.42. The molecule has 2 saturated heterocycles. The fourth-order valence-electron chi connectivity index (χ4n) is 2.74. The Morgan fingerprint density at radius 3 is 2.62 bits per heavy atom. The molecule has 2 aliphatic heterocycles. The second kappa shape index (κ2) is 5.07. The van der Waals surface area contributed by atoms with Crippen molar-refractivity contribution >= 4 is 18.0 Å². The predicted octanol–water partition coefficient (Wildman–Crippen LogP) is 1.42. The normalized spacial score (nSPS) is 41.1. The van der Waals surface area contributed by atoms with Crippen LogP contribution in [0, 0.1) is 5.41 Å². The Morgan fingerprint density at radius 1 is 1.44 bits per heavy atom. The second-order valence-corrected chi connectivity index (χ2v) is 7.12. The van der Waals surface area contributed by atoms with Crippen LogP contribution in [0.1, 0.15) is 20.3 Å². The number of nitrogens with zero attached hydrogens (tertiary/aromatic N) is 1. The van der Waals surface area contributed by atoms with Gasteiger partial charge in [-0.3, -0.25) is 0 Å². The summed E-state index contributed by atoms with van der Waals surface area (Å²) in [5.74, 6) is 0. The third-order valence-corrected chi connectivity index (χ3v) is 4.64. The van der Waals surface area contributed by atoms with E-state index in [1.165, 1.54) is 0 Å². The SMILES string of the molecule is CC1CN(CC2(C=O)CCOC2)CC(C)S1. The van der Waals surface area contributed by atoms with Crippen molar-refractivity contribution in [2.24, 2.45) is 5.41 Å². The van der Waals surface area contributed by atoms with E-state index < -0.39 is 0 Å². The van der Waals surface area contributed by atoms with Gasteiger partial charge in [-0.25, -0.2) is 0 Å². The minimum absolute atomic E-state index is 0.221. The largest absolute Gasteiger partial charge is 0.380 e. The molecular formula is C12H21NO2S. The van der Waals surface area contributed by atoms with Gasteiger partial charge in [-0.2, -0.15) is 11.8 Å². The Balaban J connectivity index is 1.94. The van der Waals surface area contributed by atoms with Gasteiger partial charge in [0.2, 0.25) is 0 Å². The van der Waals surface area contributed by atoms with Crippen molar-refractivity contribution in [2.45, 2.75) is 30.8 Å². The highest BCUT2D eigenvalue weighted by Crippen LogP contribution is 2.31. The summed E-state index contributed by atoms with van der Waals surface area (Å²) < 4.78 is 5.38. The number of hydrogen-bond acceptors (Lipinski definition) is 4. The van der Waals surface area contributed by atoms with Crippen molar-refractivity contribution in [1.29, 1.82) is 0 Å². The molecule has 3 atom stereocenters. The minimum atomic E-state index is -0.221. The molecule has 0 spiro atoms. The van der Waals surface area contributed by atoms with Crippen molar-refractivity contribution in [3.8, 4) is 0 Å². The summed E-state index contributed by atoms with van der Waals surface area (Å²) in [7, 11) is 0. The summed E-state index contributed by atoms with van der Waals surface area (Å²) in [5, 5.41) is 1.35. The fourth-order valence-corrected chi connectivity index (χ4v) is 4.12. The van der Waals surface area contributed by atoms with Crippen LogP contribution in [-0.4, -0.2) is 54.5 Å². The summed E-state index contributed by atoms with van der Waals surface area (Å²) in [6, 6.07) is 0. The van der Waals surface area contributed by atoms with Crippen LogP contribution in [0.2, 0.25) is 0 Å². The summed E-state index contributed by atoms with van der Waals surface area (Å²) in [6.07, 6.45) is 2.01. The minimum Gasteiger partial charge on any atom is -0.380 e. The molecule has 92 valence electrons. The van der Waals surface area contributed by atoms with Crippen LogP contribution in [0.25, 0.3) is 0 Å². The molecule has 0 N–H and O–H groups in total. The quantitative estimate of drug-likeness (QED) is 0.701. The highest BCUT2D eigenvalue weighted by atomic mass is 32.2. The van der Waals surface area contributed by atoms with E-state index in [1.807, 2.05) is 11.8 Å². The van der Waals surface area contributed by atoms with E-state index in [2.05, 4.69) is 18.7 Å². The molecule has 16 heavy (non-hydrogen) atoms. The zero-order valence-electron chi connectivity index (χ0n) is 10.1. The molecule has 2 rings (SSSR count). The number of rotatable bonds is 3. The molecular weight excluding hydrogens is 222 g/mol. The number of thioether (sulfide) groups is 1. The van der Waals surface area contributed by atoms with E-state index >= 15 is 0 Å². The molecule has 0 amide bonds. The zero-order valence-corrected chi connectivity index (χ0v) is 11.0. The van der Waals surface area contributed by atoms with Gasteiger partial charge in [0.15, 0.2) is 0 Å². The van der Waals surface area contributed by atoms with E-state index in [-0.39, 0.29) is 5.41 Å². The molecule has 0 bridgehead atoms. The maximum absolute atomic E-state index is 11.3. The van der Waals surface area contributed by atoms with Crippen molar-refractivity contribution in [1.82, 2.24) is 4.90 Å². The van der Waals surface area contributed by atoms with E-state index in [0.717, 1.165) is 38.9 Å². The van der Waals surface area contributed by atoms with Gasteiger partial charge in [0, 0.05) is 36.7 Å². The Kier molecular flexibility index (Phi) is 3.93. The molecule has 0 saturated carbocycles. The van der Waals surface area contributed by atoms with Gasteiger partial charge < -0.3 is 14.4 Å². The first kappa shape index (κ1) is 12.4. The summed E-state index contributed by atoms with van der Waals surface area (Å²) in [6.45, 7) is 8.98. The lowest BCUT2D eigenvalue weighted by Crippen LogP contribution is -2.47. The van der Waals surface area contributed by atoms with E-state index in [1.54, 1.807) is 0 Å². The summed E-state index contributed by atoms with van der Waals surface area (Å²) in [5.41, 5.74) is -0.221. The van der Waals surface area contributed by atoms with Crippen molar-refractivity contribution in [3.05, 3.63) is 0 Å². The predicted molar refractivity (Wildman–Crippen MR) is 66.9 cm³/mol. The van der Waals surface area contributed by atoms with Crippen molar-refractivity contribution in [3.63, 3.8) is 0 Å². The van der Waals surface area contributed by atoms with Crippen LogP contribution in [-0.2, 0) is 9.53 Å². The highest BCUT2D eigenvalue weighted by Gasteiger charge is 2.38. The molecule has 0 radical (unpaired) electrons. The number of ether oxygens (including phenoxy) is 1. The molecule has 3 nitrogen and oxygen atoms in total. The van der Waals surface area contributed by atoms with Gasteiger partial charge in [0.05, 0.1) is 12.0 Å². The third kappa shape index (κ3) is 2.79. The average molecular weight is 243 g/mol. The monoisotopic (exact) mass is 243 g/mol. The van der Waals surface area contributed by atoms with Gasteiger partial charge in [0.25, 0.3) is 0 Å². The van der Waals surface area contributed by atoms with Crippen molar-refractivity contribution in [2.75, 3.05) is 32.8 Å². The fraction of sp³-hybridized carbons (Fsp3) is 0.917. The van der Waals surface area contributed by atoms with Gasteiger partial charge in [-0.15, -0.1) is 0 Å². The second-order valence-electron chi connectivity index (χ2n) is 5.23. The van der Waals surface area contributed by atoms with Gasteiger partial charge in [0.1, 0.15) is 6.29 Å². The molecule has 2 aliphatic rings. The number of hydrogen-bond donors (Lipinski definition) is 0. The zero-order chi connectivity index (χ0) is 11.6. The van der Waals surface area contributed by atoms with Crippen LogP contribution >= 0.6 is 11.8 Å². The highest BCUT2D eigenvalue weighted by molar-refractivity contribution is 8.00. The summed E-state index contributed by atoms with van der Waals surface area (Å²) in [4.78, 5) is 13.7. The van der Waals surface area contributed by atoms with Crippen LogP contribution in [0.3, 0.4) is 0 Å². The van der Waals surface area contributed by atoms with Gasteiger partial charge in [-0.1, -0.05) is 13.8 Å². The molecule has 0 aromatic rings. The van der Waals surface area contributed by atoms with E-state index in [9.17, 15) is 4.79 Å². The summed E-state index contributed by atoms with van der Waals surface area (Å²) >= 11 is 2.05. The number of carbonyl (C=O) groups is 1. The smallest absolute Gasteiger partial charge is 0.129 e. The standard InChI is InChI=1S/C12H21NO2S/c1-10-5-13(6-11(2)16-10)7-12(8-14)3-4-15-9-12/h8,10-11H,3-7,9H2,1-2H3. The first-order valence-corrected chi connectivity index (χ1v) is 7.00. The van der Waals surface area contributed by atoms with Gasteiger partial charge in [-0.05, 0) is 6.42 Å². The van der Waals surface area contributed by atoms with Crippen LogP contribution in [0.4, 0.5) is 0 Å². The maximum Gasteiger partial charge on any atom is 0.129 e. The van der Waals surface area contributed by atoms with Crippen molar-refractivity contribution < 1.29 is 9.53 Å². The van der Waals surface area contributed by atoms with Crippen LogP contribution < -0.4 is 0 Å². The van der Waals surface area contributed by atoms with Crippen LogP contribution in [0.5, 0.6) is 0 Å². The van der Waals surface area contributed by atoms with E-state index in [4.69, 9.17) is 4.74 Å². The molecule has 0 aliphatic carbocycles. The topological polar surface area (TPSA) is 29.5 Å². The number of carbonyl (C=O) groups excluding carboxylic acids is 1. The van der Waals surface area contributed by atoms with Gasteiger partial charge >= 0.3 is 0 Å². The Hall–Kier alpha value is -0.0600. The molecule has 2 fully saturated rings. The van der Waals surface area contributed by atoms with E-state index in [0.29, 0.717) is 17.1 Å².